The van der Waals surface area contributed by atoms with Crippen LogP contribution in [0.4, 0.5) is 0 Å². The van der Waals surface area contributed by atoms with E-state index in [4.69, 9.17) is 0 Å². The Hall–Kier alpha value is -0.120. The summed E-state index contributed by atoms with van der Waals surface area (Å²) >= 11 is 4.10. The van der Waals surface area contributed by atoms with Gasteiger partial charge in [0.15, 0.2) is 0 Å². The van der Waals surface area contributed by atoms with Crippen LogP contribution in [0.5, 0.6) is 0 Å². The van der Waals surface area contributed by atoms with Crippen LogP contribution in [-0.2, 0) is 4.87 Å². The fraction of sp³-hybridized carbons (Fsp3) is 0.500. The molecule has 0 aliphatic carbocycles. The summed E-state index contributed by atoms with van der Waals surface area (Å²) in [6.45, 7) is 3.46. The number of benzene rings is 1. The zero-order valence-corrected chi connectivity index (χ0v) is 10.5. The fourth-order valence-corrected chi connectivity index (χ4v) is 5.35. The first-order chi connectivity index (χ1) is 7.30. The second kappa shape index (κ2) is 3.72. The van der Waals surface area contributed by atoms with Crippen LogP contribution in [0.15, 0.2) is 29.2 Å². The third-order valence-electron chi connectivity index (χ3n) is 3.11. The number of hydrogen-bond donors (Lipinski definition) is 1. The molecule has 0 saturated carbocycles. The molecule has 2 atom stereocenters. The maximum atomic E-state index is 3.73. The van der Waals surface area contributed by atoms with E-state index in [0.29, 0.717) is 0 Å². The van der Waals surface area contributed by atoms with Crippen molar-refractivity contribution in [1.29, 1.82) is 0 Å². The molecule has 2 heterocycles. The molecule has 80 valence electrons. The Labute approximate surface area is 99.4 Å². The molecule has 0 bridgehead atoms. The Bertz CT molecular complexity index is 380. The van der Waals surface area contributed by atoms with Gasteiger partial charge in [0.25, 0.3) is 0 Å². The van der Waals surface area contributed by atoms with Crippen molar-refractivity contribution in [3.05, 3.63) is 29.8 Å². The highest BCUT2D eigenvalue weighted by molar-refractivity contribution is 8.02. The summed E-state index contributed by atoms with van der Waals surface area (Å²) in [6.07, 6.45) is 1.25. The molecule has 1 aromatic rings. The summed E-state index contributed by atoms with van der Waals surface area (Å²) in [7, 11) is 0. The first kappa shape index (κ1) is 10.1. The highest BCUT2D eigenvalue weighted by atomic mass is 32.2. The van der Waals surface area contributed by atoms with Crippen molar-refractivity contribution < 1.29 is 0 Å². The second-order valence-electron chi connectivity index (χ2n) is 4.23. The smallest absolute Gasteiger partial charge is 0.0923 e. The lowest BCUT2D eigenvalue weighted by Gasteiger charge is -2.34. The van der Waals surface area contributed by atoms with Crippen LogP contribution in [0, 0.1) is 0 Å². The van der Waals surface area contributed by atoms with Crippen LogP contribution in [0.25, 0.3) is 0 Å². The van der Waals surface area contributed by atoms with Crippen LogP contribution in [0.2, 0.25) is 0 Å². The Balaban J connectivity index is 2.06. The molecule has 1 N–H and O–H groups in total. The molecule has 15 heavy (non-hydrogen) atoms. The van der Waals surface area contributed by atoms with E-state index in [1.807, 2.05) is 11.8 Å². The quantitative estimate of drug-likeness (QED) is 0.745. The van der Waals surface area contributed by atoms with E-state index in [-0.39, 0.29) is 4.87 Å². The standard InChI is InChI=1S/C12H15NS2/c1-9-8-13-12(15-9)6-7-14-11-5-3-2-4-10(11)12/h2-5,9,13H,6-8H2,1H3. The lowest BCUT2D eigenvalue weighted by Crippen LogP contribution is -2.37. The van der Waals surface area contributed by atoms with Gasteiger partial charge >= 0.3 is 0 Å². The topological polar surface area (TPSA) is 12.0 Å². The van der Waals surface area contributed by atoms with Gasteiger partial charge in [0.1, 0.15) is 0 Å². The minimum atomic E-state index is 0.223. The third kappa shape index (κ3) is 1.61. The zero-order valence-electron chi connectivity index (χ0n) is 8.82. The molecule has 2 aliphatic heterocycles. The number of fused-ring (bicyclic) bond motifs is 2. The van der Waals surface area contributed by atoms with Gasteiger partial charge in [0.05, 0.1) is 4.87 Å². The number of thioether (sulfide) groups is 2. The second-order valence-corrected chi connectivity index (χ2v) is 7.11. The van der Waals surface area contributed by atoms with E-state index < -0.39 is 0 Å². The summed E-state index contributed by atoms with van der Waals surface area (Å²) < 4.78 is 0. The molecule has 0 radical (unpaired) electrons. The molecule has 3 rings (SSSR count). The molecule has 1 fully saturated rings. The molecule has 1 nitrogen and oxygen atoms in total. The van der Waals surface area contributed by atoms with Crippen molar-refractivity contribution in [3.8, 4) is 0 Å². The van der Waals surface area contributed by atoms with Crippen molar-refractivity contribution in [2.24, 2.45) is 0 Å². The molecule has 0 amide bonds. The van der Waals surface area contributed by atoms with Gasteiger partial charge in [0, 0.05) is 22.4 Å². The monoisotopic (exact) mass is 237 g/mol. The summed E-state index contributed by atoms with van der Waals surface area (Å²) in [5, 5.41) is 4.46. The van der Waals surface area contributed by atoms with E-state index in [1.54, 1.807) is 0 Å². The Morgan fingerprint density at radius 2 is 2.27 bits per heavy atom. The van der Waals surface area contributed by atoms with E-state index in [0.717, 1.165) is 11.8 Å². The molecular weight excluding hydrogens is 222 g/mol. The maximum absolute atomic E-state index is 3.73. The van der Waals surface area contributed by atoms with Crippen molar-refractivity contribution >= 4 is 23.5 Å². The lowest BCUT2D eigenvalue weighted by atomic mass is 10.0. The van der Waals surface area contributed by atoms with Gasteiger partial charge in [-0.3, -0.25) is 5.32 Å². The van der Waals surface area contributed by atoms with Crippen LogP contribution >= 0.6 is 23.5 Å². The van der Waals surface area contributed by atoms with Crippen molar-refractivity contribution in [2.75, 3.05) is 12.3 Å². The van der Waals surface area contributed by atoms with Gasteiger partial charge < -0.3 is 0 Å². The first-order valence-electron chi connectivity index (χ1n) is 5.45. The van der Waals surface area contributed by atoms with E-state index in [1.165, 1.54) is 22.6 Å². The van der Waals surface area contributed by atoms with Crippen LogP contribution in [0.1, 0.15) is 18.9 Å². The number of nitrogens with one attached hydrogen (secondary N) is 1. The summed E-state index contributed by atoms with van der Waals surface area (Å²) in [5.74, 6) is 1.24. The molecule has 2 aliphatic rings. The Morgan fingerprint density at radius 1 is 1.40 bits per heavy atom. The van der Waals surface area contributed by atoms with Crippen LogP contribution in [-0.4, -0.2) is 17.5 Å². The Kier molecular flexibility index (Phi) is 2.49. The van der Waals surface area contributed by atoms with Crippen LogP contribution in [0.3, 0.4) is 0 Å². The zero-order chi connectivity index (χ0) is 10.3. The molecule has 1 saturated heterocycles. The normalized spacial score (nSPS) is 34.3. The third-order valence-corrected chi connectivity index (χ3v) is 5.73. The molecule has 3 heteroatoms. The van der Waals surface area contributed by atoms with E-state index in [9.17, 15) is 0 Å². The van der Waals surface area contributed by atoms with Gasteiger partial charge in [-0.25, -0.2) is 0 Å². The SMILES string of the molecule is CC1CNC2(CCSc3ccccc32)S1. The molecule has 0 aromatic heterocycles. The van der Waals surface area contributed by atoms with Gasteiger partial charge in [-0.15, -0.1) is 23.5 Å². The predicted molar refractivity (Wildman–Crippen MR) is 68.5 cm³/mol. The Morgan fingerprint density at radius 3 is 3.07 bits per heavy atom. The number of hydrogen-bond acceptors (Lipinski definition) is 3. The van der Waals surface area contributed by atoms with Crippen molar-refractivity contribution in [3.63, 3.8) is 0 Å². The maximum Gasteiger partial charge on any atom is 0.0923 e. The summed E-state index contributed by atoms with van der Waals surface area (Å²) in [6, 6.07) is 8.86. The minimum absolute atomic E-state index is 0.223. The van der Waals surface area contributed by atoms with Gasteiger partial charge in [-0.05, 0) is 18.1 Å². The summed E-state index contributed by atoms with van der Waals surface area (Å²) in [5.41, 5.74) is 1.51. The largest absolute Gasteiger partial charge is 0.298 e. The minimum Gasteiger partial charge on any atom is -0.298 e. The average molecular weight is 237 g/mol. The first-order valence-corrected chi connectivity index (χ1v) is 7.32. The molecule has 2 unspecified atom stereocenters. The lowest BCUT2D eigenvalue weighted by molar-refractivity contribution is 0.493. The average Bonchev–Trinajstić information content (AvgIpc) is 2.62. The van der Waals surface area contributed by atoms with Gasteiger partial charge in [-0.1, -0.05) is 25.1 Å². The highest BCUT2D eigenvalue weighted by Gasteiger charge is 2.42. The molecule has 1 spiro atoms. The van der Waals surface area contributed by atoms with Crippen molar-refractivity contribution in [1.82, 2.24) is 5.32 Å². The number of rotatable bonds is 0. The molecule has 1 aromatic carbocycles. The van der Waals surface area contributed by atoms with E-state index in [2.05, 4.69) is 48.3 Å². The summed E-state index contributed by atoms with van der Waals surface area (Å²) in [4.78, 5) is 1.69. The van der Waals surface area contributed by atoms with Crippen molar-refractivity contribution in [2.45, 2.75) is 28.4 Å². The van der Waals surface area contributed by atoms with E-state index >= 15 is 0 Å². The molecular formula is C12H15NS2. The fourth-order valence-electron chi connectivity index (χ4n) is 2.41. The van der Waals surface area contributed by atoms with Gasteiger partial charge in [0.2, 0.25) is 0 Å². The van der Waals surface area contributed by atoms with Crippen LogP contribution < -0.4 is 5.32 Å². The predicted octanol–water partition coefficient (Wildman–Crippen LogP) is 3.06. The van der Waals surface area contributed by atoms with Gasteiger partial charge in [-0.2, -0.15) is 0 Å². The highest BCUT2D eigenvalue weighted by Crippen LogP contribution is 2.50.